The summed E-state index contributed by atoms with van der Waals surface area (Å²) >= 11 is 1.82. The minimum absolute atomic E-state index is 0.976. The third-order valence-electron chi connectivity index (χ3n) is 7.33. The molecule has 168 valence electrons. The molecule has 0 bridgehead atoms. The predicted octanol–water partition coefficient (Wildman–Crippen LogP) is 10.4. The van der Waals surface area contributed by atoms with Crippen LogP contribution in [0.25, 0.3) is 74.9 Å². The standard InChI is InChI=1S/C34H20OS/c1-2-10-21(11-3-1)30-23-12-4-6-14-25(23)31(26-15-7-5-13-24(26)30)28-20-22-18-19-35-33(22)34-32(28)27-16-8-9-17-29(27)36-34/h1-20H. The summed E-state index contributed by atoms with van der Waals surface area (Å²) in [5.74, 6) is 0. The van der Waals surface area contributed by atoms with Gasteiger partial charge >= 0.3 is 0 Å². The van der Waals surface area contributed by atoms with Gasteiger partial charge in [0.05, 0.1) is 11.0 Å². The van der Waals surface area contributed by atoms with Crippen LogP contribution < -0.4 is 0 Å². The highest BCUT2D eigenvalue weighted by Gasteiger charge is 2.21. The highest BCUT2D eigenvalue weighted by molar-refractivity contribution is 7.26. The Morgan fingerprint density at radius 3 is 1.81 bits per heavy atom. The molecule has 0 fully saturated rings. The predicted molar refractivity (Wildman–Crippen MR) is 155 cm³/mol. The molecule has 8 aromatic rings. The molecule has 6 aromatic carbocycles. The van der Waals surface area contributed by atoms with Crippen molar-refractivity contribution < 1.29 is 4.42 Å². The summed E-state index contributed by atoms with van der Waals surface area (Å²) in [6.45, 7) is 0. The van der Waals surface area contributed by atoms with Crippen LogP contribution in [-0.4, -0.2) is 0 Å². The van der Waals surface area contributed by atoms with Gasteiger partial charge in [0.25, 0.3) is 0 Å². The molecule has 0 aliphatic rings. The van der Waals surface area contributed by atoms with Crippen LogP contribution in [0, 0.1) is 0 Å². The number of thiophene rings is 1. The third kappa shape index (κ3) is 2.71. The van der Waals surface area contributed by atoms with Crippen LogP contribution in [0.4, 0.5) is 0 Å². The maximum Gasteiger partial charge on any atom is 0.151 e. The summed E-state index contributed by atoms with van der Waals surface area (Å²) < 4.78 is 8.52. The first-order valence-electron chi connectivity index (χ1n) is 12.2. The molecule has 0 saturated heterocycles. The molecule has 0 aliphatic carbocycles. The van der Waals surface area contributed by atoms with Gasteiger partial charge in [0.2, 0.25) is 0 Å². The van der Waals surface area contributed by atoms with E-state index in [1.807, 2.05) is 17.6 Å². The molecule has 0 atom stereocenters. The fraction of sp³-hybridized carbons (Fsp3) is 0. The average molecular weight is 477 g/mol. The van der Waals surface area contributed by atoms with Crippen LogP contribution in [0.3, 0.4) is 0 Å². The summed E-state index contributed by atoms with van der Waals surface area (Å²) in [5.41, 5.74) is 6.07. The average Bonchev–Trinajstić information content (AvgIpc) is 3.56. The monoisotopic (exact) mass is 476 g/mol. The van der Waals surface area contributed by atoms with Crippen molar-refractivity contribution in [1.82, 2.24) is 0 Å². The molecule has 2 heteroatoms. The molecule has 0 N–H and O–H groups in total. The lowest BCUT2D eigenvalue weighted by Gasteiger charge is -2.18. The van der Waals surface area contributed by atoms with Gasteiger partial charge in [-0.05, 0) is 62.0 Å². The van der Waals surface area contributed by atoms with Crippen molar-refractivity contribution in [3.05, 3.63) is 122 Å². The van der Waals surface area contributed by atoms with E-state index in [2.05, 4.69) is 115 Å². The van der Waals surface area contributed by atoms with Gasteiger partial charge in [0.1, 0.15) is 0 Å². The van der Waals surface area contributed by atoms with Gasteiger partial charge in [-0.15, -0.1) is 11.3 Å². The van der Waals surface area contributed by atoms with E-state index >= 15 is 0 Å². The normalized spacial score (nSPS) is 11.9. The molecular weight excluding hydrogens is 456 g/mol. The second-order valence-electron chi connectivity index (χ2n) is 9.27. The van der Waals surface area contributed by atoms with Crippen LogP contribution in [0.5, 0.6) is 0 Å². The van der Waals surface area contributed by atoms with E-state index < -0.39 is 0 Å². The van der Waals surface area contributed by atoms with Crippen molar-refractivity contribution in [2.75, 3.05) is 0 Å². The Morgan fingerprint density at radius 1 is 0.528 bits per heavy atom. The topological polar surface area (TPSA) is 13.1 Å². The number of hydrogen-bond donors (Lipinski definition) is 0. The van der Waals surface area contributed by atoms with Crippen LogP contribution in [0.2, 0.25) is 0 Å². The molecule has 0 radical (unpaired) electrons. The maximum atomic E-state index is 6.01. The molecule has 0 aliphatic heterocycles. The maximum absolute atomic E-state index is 6.01. The Hall–Kier alpha value is -4.40. The van der Waals surface area contributed by atoms with E-state index in [9.17, 15) is 0 Å². The smallest absolute Gasteiger partial charge is 0.151 e. The van der Waals surface area contributed by atoms with E-state index in [4.69, 9.17) is 4.42 Å². The van der Waals surface area contributed by atoms with Gasteiger partial charge in [0, 0.05) is 20.9 Å². The van der Waals surface area contributed by atoms with Crippen LogP contribution >= 0.6 is 11.3 Å². The van der Waals surface area contributed by atoms with E-state index in [0.717, 1.165) is 11.0 Å². The van der Waals surface area contributed by atoms with Gasteiger partial charge < -0.3 is 4.42 Å². The van der Waals surface area contributed by atoms with Gasteiger partial charge in [-0.1, -0.05) is 97.1 Å². The van der Waals surface area contributed by atoms with E-state index in [0.29, 0.717) is 0 Å². The van der Waals surface area contributed by atoms with Crippen molar-refractivity contribution in [2.24, 2.45) is 0 Å². The zero-order valence-corrected chi connectivity index (χ0v) is 20.2. The number of rotatable bonds is 2. The molecule has 36 heavy (non-hydrogen) atoms. The van der Waals surface area contributed by atoms with Crippen molar-refractivity contribution in [3.63, 3.8) is 0 Å². The quantitative estimate of drug-likeness (QED) is 0.226. The van der Waals surface area contributed by atoms with Gasteiger partial charge in [-0.3, -0.25) is 0 Å². The van der Waals surface area contributed by atoms with E-state index in [-0.39, 0.29) is 0 Å². The summed E-state index contributed by atoms with van der Waals surface area (Å²) in [6, 6.07) is 41.6. The largest absolute Gasteiger partial charge is 0.463 e. The lowest BCUT2D eigenvalue weighted by molar-refractivity contribution is 0.619. The van der Waals surface area contributed by atoms with Gasteiger partial charge in [-0.25, -0.2) is 0 Å². The first-order chi connectivity index (χ1) is 17.9. The van der Waals surface area contributed by atoms with Crippen LogP contribution in [-0.2, 0) is 0 Å². The molecule has 0 unspecified atom stereocenters. The Bertz CT molecular complexity index is 2040. The van der Waals surface area contributed by atoms with Gasteiger partial charge in [0.15, 0.2) is 5.58 Å². The lowest BCUT2D eigenvalue weighted by Crippen LogP contribution is -1.91. The highest BCUT2D eigenvalue weighted by atomic mass is 32.1. The van der Waals surface area contributed by atoms with E-state index in [1.165, 1.54) is 64.0 Å². The summed E-state index contributed by atoms with van der Waals surface area (Å²) in [5, 5.41) is 8.80. The summed E-state index contributed by atoms with van der Waals surface area (Å²) in [6.07, 6.45) is 1.81. The number of furan rings is 1. The molecule has 8 rings (SSSR count). The van der Waals surface area contributed by atoms with Crippen LogP contribution in [0.15, 0.2) is 126 Å². The second-order valence-corrected chi connectivity index (χ2v) is 10.3. The Kier molecular flexibility index (Phi) is 4.16. The number of hydrogen-bond acceptors (Lipinski definition) is 2. The zero-order valence-electron chi connectivity index (χ0n) is 19.4. The molecular formula is C34H20OS. The molecule has 0 spiro atoms. The summed E-state index contributed by atoms with van der Waals surface area (Å²) in [7, 11) is 0. The number of fused-ring (bicyclic) bond motifs is 7. The zero-order chi connectivity index (χ0) is 23.6. The molecule has 1 nitrogen and oxygen atoms in total. The van der Waals surface area contributed by atoms with Crippen molar-refractivity contribution in [2.45, 2.75) is 0 Å². The van der Waals surface area contributed by atoms with Crippen molar-refractivity contribution in [1.29, 1.82) is 0 Å². The summed E-state index contributed by atoms with van der Waals surface area (Å²) in [4.78, 5) is 0. The molecule has 2 aromatic heterocycles. The highest BCUT2D eigenvalue weighted by Crippen LogP contribution is 2.49. The van der Waals surface area contributed by atoms with Crippen LogP contribution in [0.1, 0.15) is 0 Å². The second kappa shape index (κ2) is 7.55. The lowest BCUT2D eigenvalue weighted by atomic mass is 9.84. The minimum atomic E-state index is 0.976. The van der Waals surface area contributed by atoms with E-state index in [1.54, 1.807) is 0 Å². The molecule has 0 saturated carbocycles. The van der Waals surface area contributed by atoms with Gasteiger partial charge in [-0.2, -0.15) is 0 Å². The Balaban J connectivity index is 1.64. The molecule has 2 heterocycles. The van der Waals surface area contributed by atoms with Crippen molar-refractivity contribution in [3.8, 4) is 22.3 Å². The minimum Gasteiger partial charge on any atom is -0.463 e. The first kappa shape index (κ1) is 19.9. The Morgan fingerprint density at radius 2 is 1.11 bits per heavy atom. The van der Waals surface area contributed by atoms with Crippen molar-refractivity contribution >= 4 is 64.0 Å². The third-order valence-corrected chi connectivity index (χ3v) is 8.50. The number of benzene rings is 6. The first-order valence-corrected chi connectivity index (χ1v) is 13.0. The Labute approximate surface area is 211 Å². The SMILES string of the molecule is c1ccc(-c2c3ccccc3c(-c3cc4ccoc4c4sc5ccccc5c34)c3ccccc23)cc1. The fourth-order valence-electron chi connectivity index (χ4n) is 5.85. The molecule has 0 amide bonds. The fourth-order valence-corrected chi connectivity index (χ4v) is 7.08.